The fourth-order valence-electron chi connectivity index (χ4n) is 2.63. The Bertz CT molecular complexity index is 394. The largest absolute Gasteiger partial charge is 0.481 e. The molecule has 0 aromatic heterocycles. The average Bonchev–Trinajstić information content (AvgIpc) is 2.31. The molecule has 0 radical (unpaired) electrons. The molecule has 1 saturated carbocycles. The maximum atomic E-state index is 12.3. The lowest BCUT2D eigenvalue weighted by Gasteiger charge is -2.39. The Morgan fingerprint density at radius 1 is 1.25 bits per heavy atom. The highest BCUT2D eigenvalue weighted by molar-refractivity contribution is 5.76. The van der Waals surface area contributed by atoms with Gasteiger partial charge in [0.25, 0.3) is 0 Å². The molecule has 114 valence electrons. The normalized spacial score (nSPS) is 30.6. The van der Waals surface area contributed by atoms with Crippen LogP contribution in [0.4, 0.5) is 18.0 Å². The molecule has 1 unspecified atom stereocenters. The number of carbonyl (C=O) groups excluding carboxylic acids is 1. The first kappa shape index (κ1) is 14.9. The van der Waals surface area contributed by atoms with Crippen LogP contribution in [0.1, 0.15) is 25.7 Å². The van der Waals surface area contributed by atoms with Crippen molar-refractivity contribution >= 4 is 12.0 Å². The van der Waals surface area contributed by atoms with E-state index in [4.69, 9.17) is 5.11 Å². The van der Waals surface area contributed by atoms with E-state index < -0.39 is 36.1 Å². The molecule has 2 N–H and O–H groups in total. The van der Waals surface area contributed by atoms with Gasteiger partial charge in [-0.25, -0.2) is 4.79 Å². The summed E-state index contributed by atoms with van der Waals surface area (Å²) in [5.41, 5.74) is 0. The summed E-state index contributed by atoms with van der Waals surface area (Å²) in [6.07, 6.45) is -3.25. The van der Waals surface area contributed by atoms with Gasteiger partial charge in [-0.05, 0) is 25.7 Å². The zero-order valence-corrected chi connectivity index (χ0v) is 10.8. The first-order chi connectivity index (χ1) is 9.27. The van der Waals surface area contributed by atoms with Gasteiger partial charge >= 0.3 is 18.2 Å². The van der Waals surface area contributed by atoms with Crippen LogP contribution in [0.3, 0.4) is 0 Å². The second-order valence-electron chi connectivity index (χ2n) is 5.48. The van der Waals surface area contributed by atoms with Crippen LogP contribution < -0.4 is 5.32 Å². The summed E-state index contributed by atoms with van der Waals surface area (Å²) in [6.45, 7) is 0.571. The zero-order valence-electron chi connectivity index (χ0n) is 10.8. The van der Waals surface area contributed by atoms with Crippen molar-refractivity contribution in [2.24, 2.45) is 11.8 Å². The molecule has 2 rings (SSSR count). The Kier molecular flexibility index (Phi) is 4.10. The summed E-state index contributed by atoms with van der Waals surface area (Å²) in [4.78, 5) is 24.1. The minimum absolute atomic E-state index is 0.0918. The van der Waals surface area contributed by atoms with E-state index >= 15 is 0 Å². The van der Waals surface area contributed by atoms with Gasteiger partial charge in [0, 0.05) is 19.1 Å². The number of hydrogen-bond acceptors (Lipinski definition) is 2. The van der Waals surface area contributed by atoms with Crippen LogP contribution in [0.25, 0.3) is 0 Å². The molecule has 1 aliphatic carbocycles. The van der Waals surface area contributed by atoms with Crippen LogP contribution in [0.15, 0.2) is 0 Å². The number of piperidine rings is 1. The molecule has 5 nitrogen and oxygen atoms in total. The van der Waals surface area contributed by atoms with Crippen LogP contribution >= 0.6 is 0 Å². The summed E-state index contributed by atoms with van der Waals surface area (Å²) in [6, 6.07) is -0.916. The molecule has 1 atom stereocenters. The van der Waals surface area contributed by atoms with Crippen molar-refractivity contribution in [3.8, 4) is 0 Å². The van der Waals surface area contributed by atoms with Crippen LogP contribution in [0.2, 0.25) is 0 Å². The molecule has 1 heterocycles. The monoisotopic (exact) mass is 294 g/mol. The molecule has 0 aromatic rings. The molecule has 0 aromatic carbocycles. The van der Waals surface area contributed by atoms with Crippen LogP contribution in [0, 0.1) is 11.8 Å². The predicted octanol–water partition coefficient (Wildman–Crippen LogP) is 1.83. The number of urea groups is 1. The van der Waals surface area contributed by atoms with Crippen molar-refractivity contribution in [1.82, 2.24) is 10.2 Å². The van der Waals surface area contributed by atoms with Gasteiger partial charge in [-0.1, -0.05) is 0 Å². The number of halogens is 3. The van der Waals surface area contributed by atoms with Crippen molar-refractivity contribution in [3.05, 3.63) is 0 Å². The number of carboxylic acid groups (broad SMARTS) is 1. The van der Waals surface area contributed by atoms with E-state index in [1.165, 1.54) is 4.90 Å². The third kappa shape index (κ3) is 3.34. The van der Waals surface area contributed by atoms with Crippen molar-refractivity contribution in [2.75, 3.05) is 13.1 Å². The minimum Gasteiger partial charge on any atom is -0.481 e. The van der Waals surface area contributed by atoms with Gasteiger partial charge in [0.15, 0.2) is 0 Å². The molecule has 2 fully saturated rings. The summed E-state index contributed by atoms with van der Waals surface area (Å²) in [7, 11) is 0. The van der Waals surface area contributed by atoms with E-state index in [1.807, 2.05) is 0 Å². The lowest BCUT2D eigenvalue weighted by molar-refractivity contribution is -0.198. The van der Waals surface area contributed by atoms with Crippen molar-refractivity contribution < 1.29 is 27.9 Å². The molecular formula is C12H17F3N2O3. The SMILES string of the molecule is O=C(O)C1CCCN(C(=O)NC2CC(C(F)(F)F)C2)C1. The third-order valence-corrected chi connectivity index (χ3v) is 3.99. The molecule has 0 bridgehead atoms. The maximum absolute atomic E-state index is 12.3. The highest BCUT2D eigenvalue weighted by Gasteiger charge is 2.48. The quantitative estimate of drug-likeness (QED) is 0.816. The topological polar surface area (TPSA) is 69.6 Å². The number of carboxylic acids is 1. The molecule has 20 heavy (non-hydrogen) atoms. The Morgan fingerprint density at radius 2 is 1.90 bits per heavy atom. The smallest absolute Gasteiger partial charge is 0.391 e. The number of carbonyl (C=O) groups is 2. The van der Waals surface area contributed by atoms with Crippen LogP contribution in [-0.2, 0) is 4.79 Å². The number of nitrogens with zero attached hydrogens (tertiary/aromatic N) is 1. The van der Waals surface area contributed by atoms with E-state index in [0.29, 0.717) is 19.4 Å². The highest BCUT2D eigenvalue weighted by Crippen LogP contribution is 2.41. The molecule has 8 heteroatoms. The predicted molar refractivity (Wildman–Crippen MR) is 63.0 cm³/mol. The Hall–Kier alpha value is -1.47. The van der Waals surface area contributed by atoms with Crippen molar-refractivity contribution in [1.29, 1.82) is 0 Å². The highest BCUT2D eigenvalue weighted by atomic mass is 19.4. The fourth-order valence-corrected chi connectivity index (χ4v) is 2.63. The number of aliphatic carboxylic acids is 1. The van der Waals surface area contributed by atoms with Gasteiger partial charge in [0.1, 0.15) is 0 Å². The van der Waals surface area contributed by atoms with Gasteiger partial charge in [0.2, 0.25) is 0 Å². The molecule has 2 aliphatic rings. The number of rotatable bonds is 2. The molecular weight excluding hydrogens is 277 g/mol. The molecule has 1 aliphatic heterocycles. The van der Waals surface area contributed by atoms with E-state index in [9.17, 15) is 22.8 Å². The first-order valence-electron chi connectivity index (χ1n) is 6.62. The van der Waals surface area contributed by atoms with E-state index in [-0.39, 0.29) is 19.4 Å². The van der Waals surface area contributed by atoms with E-state index in [2.05, 4.69) is 5.32 Å². The second kappa shape index (κ2) is 5.49. The fraction of sp³-hybridized carbons (Fsp3) is 0.833. The standard InChI is InChI=1S/C12H17F3N2O3/c13-12(14,15)8-4-9(5-8)16-11(20)17-3-1-2-7(6-17)10(18)19/h7-9H,1-6H2,(H,16,20)(H,18,19). The molecule has 2 amide bonds. The van der Waals surface area contributed by atoms with Gasteiger partial charge in [0.05, 0.1) is 11.8 Å². The summed E-state index contributed by atoms with van der Waals surface area (Å²) in [5, 5.41) is 11.5. The maximum Gasteiger partial charge on any atom is 0.391 e. The van der Waals surface area contributed by atoms with Gasteiger partial charge < -0.3 is 15.3 Å². The summed E-state index contributed by atoms with van der Waals surface area (Å²) < 4.78 is 37.0. The minimum atomic E-state index is -4.19. The summed E-state index contributed by atoms with van der Waals surface area (Å²) in [5.74, 6) is -2.86. The number of alkyl halides is 3. The average molecular weight is 294 g/mol. The molecule has 1 saturated heterocycles. The number of nitrogens with one attached hydrogen (secondary N) is 1. The number of hydrogen-bond donors (Lipinski definition) is 2. The van der Waals surface area contributed by atoms with Crippen molar-refractivity contribution in [3.63, 3.8) is 0 Å². The Morgan fingerprint density at radius 3 is 2.45 bits per heavy atom. The third-order valence-electron chi connectivity index (χ3n) is 3.99. The first-order valence-corrected chi connectivity index (χ1v) is 6.62. The lowest BCUT2D eigenvalue weighted by atomic mass is 9.80. The van der Waals surface area contributed by atoms with E-state index in [0.717, 1.165) is 0 Å². The number of amides is 2. The van der Waals surface area contributed by atoms with Gasteiger partial charge in [-0.2, -0.15) is 13.2 Å². The van der Waals surface area contributed by atoms with Crippen molar-refractivity contribution in [2.45, 2.75) is 37.9 Å². The lowest BCUT2D eigenvalue weighted by Crippen LogP contribution is -2.54. The van der Waals surface area contributed by atoms with E-state index in [1.54, 1.807) is 0 Å². The van der Waals surface area contributed by atoms with Crippen LogP contribution in [-0.4, -0.2) is 47.3 Å². The van der Waals surface area contributed by atoms with Crippen LogP contribution in [0.5, 0.6) is 0 Å². The zero-order chi connectivity index (χ0) is 14.9. The molecule has 0 spiro atoms. The second-order valence-corrected chi connectivity index (χ2v) is 5.48. The number of likely N-dealkylation sites (tertiary alicyclic amines) is 1. The Labute approximate surface area is 114 Å². The Balaban J connectivity index is 1.77. The van der Waals surface area contributed by atoms with Gasteiger partial charge in [-0.3, -0.25) is 4.79 Å². The van der Waals surface area contributed by atoms with Gasteiger partial charge in [-0.15, -0.1) is 0 Å². The summed E-state index contributed by atoms with van der Waals surface area (Å²) >= 11 is 0.